The number of hydrogen-bond donors (Lipinski definition) is 14. The molecule has 1 saturated heterocycles. The van der Waals surface area contributed by atoms with Gasteiger partial charge in [-0.1, -0.05) is 113 Å². The van der Waals surface area contributed by atoms with Gasteiger partial charge in [-0.25, -0.2) is 4.79 Å². The van der Waals surface area contributed by atoms with Crippen LogP contribution in [0, 0.1) is 11.8 Å². The maximum absolute atomic E-state index is 14.8. The number of amides is 8. The highest BCUT2D eigenvalue weighted by molar-refractivity contribution is 5.99. The summed E-state index contributed by atoms with van der Waals surface area (Å²) in [5.41, 5.74) is 19.6. The summed E-state index contributed by atoms with van der Waals surface area (Å²) in [4.78, 5) is 144. The predicted octanol–water partition coefficient (Wildman–Crippen LogP) is 0.395. The molecule has 9 atom stereocenters. The average molecular weight is 1220 g/mol. The molecule has 0 unspecified atom stereocenters. The van der Waals surface area contributed by atoms with Crippen LogP contribution in [0.25, 0.3) is 0 Å². The van der Waals surface area contributed by atoms with Crippen LogP contribution in [0.1, 0.15) is 88.5 Å². The van der Waals surface area contributed by atoms with Crippen LogP contribution in [-0.4, -0.2) is 158 Å². The Morgan fingerprint density at radius 1 is 0.545 bits per heavy atom. The lowest BCUT2D eigenvalue weighted by Gasteiger charge is -2.31. The Bertz CT molecular complexity index is 3060. The molecule has 0 bridgehead atoms. The summed E-state index contributed by atoms with van der Waals surface area (Å²) in [7, 11) is 0. The van der Waals surface area contributed by atoms with Crippen molar-refractivity contribution in [1.82, 2.24) is 42.1 Å². The largest absolute Gasteiger partial charge is 0.508 e. The quantitative estimate of drug-likeness (QED) is 0.0174. The first-order valence-corrected chi connectivity index (χ1v) is 29.1. The SMILES string of the molecule is CC(C)C[C@H](NC(=O)[C@@H](N)Cc1ccccc1)C(=O)N[C@@H](Cc1ccccc1)C(=O)N1CCC[C@H]1C(=O)N[C@@H](CC(=O)O)C(=O)N[C@@H](Cc1ccc(O)cc1)C(=O)N[C@@H](CCCN=C(N)N)C(=O)N[C@@H](Cc1ccc(O)cc1)C(=O)N[C@H](C(=O)O)C(C)C. The van der Waals surface area contributed by atoms with Crippen molar-refractivity contribution in [3.8, 4) is 11.5 Å². The second-order valence-corrected chi connectivity index (χ2v) is 22.5. The zero-order valence-corrected chi connectivity index (χ0v) is 49.7. The van der Waals surface area contributed by atoms with Gasteiger partial charge >= 0.3 is 11.9 Å². The average Bonchev–Trinajstić information content (AvgIpc) is 2.35. The molecule has 474 valence electrons. The van der Waals surface area contributed by atoms with Crippen LogP contribution < -0.4 is 54.4 Å². The highest BCUT2D eigenvalue weighted by atomic mass is 16.4. The number of phenols is 2. The summed E-state index contributed by atoms with van der Waals surface area (Å²) < 4.78 is 0. The Morgan fingerprint density at radius 2 is 0.989 bits per heavy atom. The molecule has 17 N–H and O–H groups in total. The molecule has 88 heavy (non-hydrogen) atoms. The number of aliphatic imine (C=N–C) groups is 1. The van der Waals surface area contributed by atoms with E-state index >= 15 is 0 Å². The van der Waals surface area contributed by atoms with Crippen molar-refractivity contribution >= 4 is 65.2 Å². The van der Waals surface area contributed by atoms with Crippen molar-refractivity contribution in [3.05, 3.63) is 131 Å². The van der Waals surface area contributed by atoms with Gasteiger partial charge in [-0.3, -0.25) is 48.1 Å². The van der Waals surface area contributed by atoms with Gasteiger partial charge in [0.1, 0.15) is 59.8 Å². The standard InChI is InChI=1S/C62H82N12O14/c1-35(2)29-45(68-53(79)43(63)30-37-13-7-5-8-14-37)55(81)72-49(33-38-15-9-6-10-16-38)60(86)74-28-12-18-50(74)59(85)71-48(34-51(77)78)57(83)70-46(31-39-19-23-41(75)24-20-39)56(82)67-44(17-11-27-66-62(64)65)54(80)69-47(32-40-21-25-42(76)26-22-40)58(84)73-52(36(3)4)61(87)88/h5-10,13-16,19-26,35-36,43-50,52,75-76H,11-12,17-18,27-34,63H2,1-4H3,(H,67,82)(H,68,79)(H,69,80)(H,70,83)(H,71,85)(H,72,81)(H,73,84)(H,77,78)(H,87,88)(H4,64,65,66)/t43-,44-,45-,46-,47-,48-,49-,50-,52-/m0/s1. The summed E-state index contributed by atoms with van der Waals surface area (Å²) in [5, 5.41) is 58.3. The third-order valence-electron chi connectivity index (χ3n) is 14.5. The van der Waals surface area contributed by atoms with Gasteiger partial charge in [0.25, 0.3) is 0 Å². The molecule has 4 aromatic rings. The molecule has 1 aliphatic rings. The Hall–Kier alpha value is -9.59. The number of benzene rings is 4. The van der Waals surface area contributed by atoms with Gasteiger partial charge in [0.05, 0.1) is 12.5 Å². The van der Waals surface area contributed by atoms with Gasteiger partial charge in [-0.05, 0) is 96.9 Å². The number of carboxylic acids is 2. The molecule has 5 rings (SSSR count). The summed E-state index contributed by atoms with van der Waals surface area (Å²) in [6.07, 6.45) is -1.02. The third kappa shape index (κ3) is 22.4. The molecule has 0 saturated carbocycles. The van der Waals surface area contributed by atoms with Gasteiger partial charge in [0, 0.05) is 32.4 Å². The first-order chi connectivity index (χ1) is 41.8. The number of aromatic hydroxyl groups is 2. The van der Waals surface area contributed by atoms with Gasteiger partial charge in [-0.2, -0.15) is 0 Å². The highest BCUT2D eigenvalue weighted by Crippen LogP contribution is 2.22. The number of rotatable bonds is 33. The Kier molecular flexibility index (Phi) is 26.7. The predicted molar refractivity (Wildman–Crippen MR) is 324 cm³/mol. The molecule has 0 aliphatic carbocycles. The topological polar surface area (TPSA) is 429 Å². The molecule has 1 fully saturated rings. The van der Waals surface area contributed by atoms with E-state index in [1.165, 1.54) is 53.4 Å². The monoisotopic (exact) mass is 1220 g/mol. The fourth-order valence-electron chi connectivity index (χ4n) is 9.93. The Balaban J connectivity index is 1.40. The fourth-order valence-corrected chi connectivity index (χ4v) is 9.93. The lowest BCUT2D eigenvalue weighted by Crippen LogP contribution is -2.61. The molecule has 0 spiro atoms. The van der Waals surface area contributed by atoms with Gasteiger partial charge < -0.3 is 79.7 Å². The first-order valence-electron chi connectivity index (χ1n) is 29.1. The summed E-state index contributed by atoms with van der Waals surface area (Å²) in [6.45, 7) is 6.84. The number of nitrogens with zero attached hydrogens (tertiary/aromatic N) is 2. The lowest BCUT2D eigenvalue weighted by molar-refractivity contribution is -0.144. The smallest absolute Gasteiger partial charge is 0.326 e. The van der Waals surface area contributed by atoms with E-state index in [-0.39, 0.29) is 94.3 Å². The minimum atomic E-state index is -1.88. The van der Waals surface area contributed by atoms with Crippen molar-refractivity contribution < 1.29 is 68.4 Å². The molecular formula is C62H82N12O14. The molecule has 0 radical (unpaired) electrons. The van der Waals surface area contributed by atoms with E-state index in [0.29, 0.717) is 16.7 Å². The second kappa shape index (κ2) is 33.9. The zero-order chi connectivity index (χ0) is 64.6. The first kappa shape index (κ1) is 69.2. The van der Waals surface area contributed by atoms with Crippen molar-refractivity contribution in [2.45, 2.75) is 146 Å². The molecule has 4 aromatic carbocycles. The van der Waals surface area contributed by atoms with Crippen molar-refractivity contribution in [2.75, 3.05) is 13.1 Å². The summed E-state index contributed by atoms with van der Waals surface area (Å²) in [6, 6.07) is 16.4. The van der Waals surface area contributed by atoms with Crippen LogP contribution >= 0.6 is 0 Å². The molecule has 26 nitrogen and oxygen atoms in total. The minimum absolute atomic E-state index is 0.0208. The minimum Gasteiger partial charge on any atom is -0.508 e. The molecule has 26 heteroatoms. The maximum atomic E-state index is 14.8. The Morgan fingerprint density at radius 3 is 1.49 bits per heavy atom. The van der Waals surface area contributed by atoms with Crippen molar-refractivity contribution in [1.29, 1.82) is 0 Å². The number of aliphatic carboxylic acids is 2. The number of carbonyl (C=O) groups is 10. The molecule has 1 aliphatic heterocycles. The van der Waals surface area contributed by atoms with E-state index in [4.69, 9.17) is 17.2 Å². The number of nitrogens with two attached hydrogens (primary N) is 3. The molecule has 1 heterocycles. The van der Waals surface area contributed by atoms with Crippen LogP contribution in [-0.2, 0) is 73.6 Å². The zero-order valence-electron chi connectivity index (χ0n) is 49.7. The van der Waals surface area contributed by atoms with Crippen LogP contribution in [0.2, 0.25) is 0 Å². The highest BCUT2D eigenvalue weighted by Gasteiger charge is 2.41. The van der Waals surface area contributed by atoms with Crippen LogP contribution in [0.5, 0.6) is 11.5 Å². The van der Waals surface area contributed by atoms with Crippen molar-refractivity contribution in [2.24, 2.45) is 34.0 Å². The summed E-state index contributed by atoms with van der Waals surface area (Å²) >= 11 is 0. The summed E-state index contributed by atoms with van der Waals surface area (Å²) in [5.74, 6) is -11.0. The number of phenolic OH excluding ortho intramolecular Hbond substituents is 2. The van der Waals surface area contributed by atoms with Crippen molar-refractivity contribution in [3.63, 3.8) is 0 Å². The lowest BCUT2D eigenvalue weighted by atomic mass is 9.99. The molecule has 8 amide bonds. The normalized spacial score (nSPS) is 15.6. The number of carbonyl (C=O) groups excluding carboxylic acids is 8. The fraction of sp³-hybridized carbons (Fsp3) is 0.435. The van der Waals surface area contributed by atoms with Crippen LogP contribution in [0.15, 0.2) is 114 Å². The number of nitrogens with one attached hydrogen (secondary N) is 7. The molecular weight excluding hydrogens is 1140 g/mol. The third-order valence-corrected chi connectivity index (χ3v) is 14.5. The van der Waals surface area contributed by atoms with Gasteiger partial charge in [0.2, 0.25) is 47.3 Å². The maximum Gasteiger partial charge on any atom is 0.326 e. The van der Waals surface area contributed by atoms with Crippen LogP contribution in [0.3, 0.4) is 0 Å². The second-order valence-electron chi connectivity index (χ2n) is 22.5. The van der Waals surface area contributed by atoms with E-state index in [2.05, 4.69) is 42.2 Å². The van der Waals surface area contributed by atoms with E-state index in [9.17, 15) is 68.4 Å². The van der Waals surface area contributed by atoms with E-state index < -0.39 is 126 Å². The van der Waals surface area contributed by atoms with E-state index in [0.717, 1.165) is 5.56 Å². The van der Waals surface area contributed by atoms with Gasteiger partial charge in [-0.15, -0.1) is 0 Å². The number of likely N-dealkylation sites (tertiary alicyclic amines) is 1. The number of guanidine groups is 1. The van der Waals surface area contributed by atoms with E-state index in [1.807, 2.05) is 44.2 Å². The molecule has 0 aromatic heterocycles. The number of carboxylic acid groups (broad SMARTS) is 2. The number of hydrogen-bond acceptors (Lipinski definition) is 14. The van der Waals surface area contributed by atoms with E-state index in [1.54, 1.807) is 44.2 Å². The van der Waals surface area contributed by atoms with Gasteiger partial charge in [0.15, 0.2) is 5.96 Å². The Labute approximate surface area is 510 Å². The van der Waals surface area contributed by atoms with Crippen LogP contribution in [0.4, 0.5) is 0 Å².